The number of esters is 1. The SMILES string of the molecule is CCOC(=O)C(C)=C(C)C=C(C)C. The first-order valence-electron chi connectivity index (χ1n) is 4.48. The molecule has 0 radical (unpaired) electrons. The lowest BCUT2D eigenvalue weighted by atomic mass is 10.1. The molecular weight excluding hydrogens is 164 g/mol. The van der Waals surface area contributed by atoms with Crippen LogP contribution in [0.5, 0.6) is 0 Å². The molecule has 0 saturated carbocycles. The molecule has 0 amide bonds. The monoisotopic (exact) mass is 182 g/mol. The van der Waals surface area contributed by atoms with Gasteiger partial charge in [0.15, 0.2) is 0 Å². The van der Waals surface area contributed by atoms with Crippen LogP contribution in [0.15, 0.2) is 22.8 Å². The lowest BCUT2D eigenvalue weighted by Crippen LogP contribution is -2.06. The predicted octanol–water partition coefficient (Wildman–Crippen LogP) is 2.85. The van der Waals surface area contributed by atoms with Crippen molar-refractivity contribution in [3.63, 3.8) is 0 Å². The Hall–Kier alpha value is -1.05. The van der Waals surface area contributed by atoms with E-state index in [2.05, 4.69) is 0 Å². The average molecular weight is 182 g/mol. The molecule has 2 heteroatoms. The van der Waals surface area contributed by atoms with Gasteiger partial charge < -0.3 is 4.74 Å². The Morgan fingerprint density at radius 2 is 1.77 bits per heavy atom. The summed E-state index contributed by atoms with van der Waals surface area (Å²) >= 11 is 0. The molecule has 0 aliphatic rings. The number of hydrogen-bond donors (Lipinski definition) is 0. The summed E-state index contributed by atoms with van der Waals surface area (Å²) < 4.78 is 4.88. The number of carbonyl (C=O) groups is 1. The van der Waals surface area contributed by atoms with Gasteiger partial charge in [-0.1, -0.05) is 11.6 Å². The third kappa shape index (κ3) is 4.51. The van der Waals surface area contributed by atoms with E-state index in [4.69, 9.17) is 4.74 Å². The molecule has 0 bridgehead atoms. The zero-order chi connectivity index (χ0) is 10.4. The minimum absolute atomic E-state index is 0.225. The van der Waals surface area contributed by atoms with Gasteiger partial charge in [-0.05, 0) is 40.2 Å². The summed E-state index contributed by atoms with van der Waals surface area (Å²) in [5.41, 5.74) is 2.84. The zero-order valence-corrected chi connectivity index (χ0v) is 9.10. The topological polar surface area (TPSA) is 26.3 Å². The summed E-state index contributed by atoms with van der Waals surface area (Å²) in [6.07, 6.45) is 1.98. The standard InChI is InChI=1S/C11H18O2/c1-6-13-11(12)10(5)9(4)7-8(2)3/h7H,6H2,1-5H3. The smallest absolute Gasteiger partial charge is 0.333 e. The van der Waals surface area contributed by atoms with Gasteiger partial charge in [0.25, 0.3) is 0 Å². The summed E-state index contributed by atoms with van der Waals surface area (Å²) in [5.74, 6) is -0.225. The molecular formula is C11H18O2. The number of ether oxygens (including phenoxy) is 1. The highest BCUT2D eigenvalue weighted by atomic mass is 16.5. The summed E-state index contributed by atoms with van der Waals surface area (Å²) in [7, 11) is 0. The van der Waals surface area contributed by atoms with Gasteiger partial charge in [-0.2, -0.15) is 0 Å². The molecule has 0 aromatic rings. The van der Waals surface area contributed by atoms with Crippen LogP contribution in [-0.2, 0) is 9.53 Å². The van der Waals surface area contributed by atoms with Crippen LogP contribution in [0.2, 0.25) is 0 Å². The van der Waals surface area contributed by atoms with Crippen LogP contribution in [-0.4, -0.2) is 12.6 Å². The second-order valence-electron chi connectivity index (χ2n) is 3.25. The van der Waals surface area contributed by atoms with E-state index in [0.29, 0.717) is 12.2 Å². The molecule has 13 heavy (non-hydrogen) atoms. The highest BCUT2D eigenvalue weighted by molar-refractivity contribution is 5.89. The second-order valence-corrected chi connectivity index (χ2v) is 3.25. The van der Waals surface area contributed by atoms with Gasteiger partial charge in [-0.3, -0.25) is 0 Å². The van der Waals surface area contributed by atoms with Crippen LogP contribution in [0.4, 0.5) is 0 Å². The molecule has 0 atom stereocenters. The van der Waals surface area contributed by atoms with Crippen LogP contribution in [0.1, 0.15) is 34.6 Å². The van der Waals surface area contributed by atoms with Crippen molar-refractivity contribution in [1.82, 2.24) is 0 Å². The van der Waals surface area contributed by atoms with Gasteiger partial charge in [0.05, 0.1) is 6.61 Å². The molecule has 0 aliphatic heterocycles. The molecule has 2 nitrogen and oxygen atoms in total. The van der Waals surface area contributed by atoms with Crippen molar-refractivity contribution >= 4 is 5.97 Å². The van der Waals surface area contributed by atoms with Gasteiger partial charge in [0, 0.05) is 5.57 Å². The van der Waals surface area contributed by atoms with Crippen LogP contribution >= 0.6 is 0 Å². The third-order valence-electron chi connectivity index (χ3n) is 1.68. The van der Waals surface area contributed by atoms with Gasteiger partial charge in [-0.25, -0.2) is 4.79 Å². The van der Waals surface area contributed by atoms with E-state index in [-0.39, 0.29) is 5.97 Å². The second kappa shape index (κ2) is 5.57. The van der Waals surface area contributed by atoms with E-state index >= 15 is 0 Å². The number of hydrogen-bond acceptors (Lipinski definition) is 2. The lowest BCUT2D eigenvalue weighted by Gasteiger charge is -2.04. The molecule has 0 aromatic carbocycles. The van der Waals surface area contributed by atoms with Gasteiger partial charge in [-0.15, -0.1) is 0 Å². The molecule has 0 fully saturated rings. The minimum Gasteiger partial charge on any atom is -0.463 e. The lowest BCUT2D eigenvalue weighted by molar-refractivity contribution is -0.138. The minimum atomic E-state index is -0.225. The first kappa shape index (κ1) is 11.9. The Labute approximate surface area is 80.3 Å². The molecule has 0 unspecified atom stereocenters. The molecule has 0 spiro atoms. The predicted molar refractivity (Wildman–Crippen MR) is 54.4 cm³/mol. The first-order chi connectivity index (χ1) is 5.99. The van der Waals surface area contributed by atoms with Gasteiger partial charge in [0.1, 0.15) is 0 Å². The van der Waals surface area contributed by atoms with Crippen molar-refractivity contribution in [3.8, 4) is 0 Å². The summed E-state index contributed by atoms with van der Waals surface area (Å²) in [5, 5.41) is 0. The summed E-state index contributed by atoms with van der Waals surface area (Å²) in [6, 6.07) is 0. The van der Waals surface area contributed by atoms with Crippen molar-refractivity contribution in [1.29, 1.82) is 0 Å². The van der Waals surface area contributed by atoms with E-state index in [1.54, 1.807) is 13.8 Å². The van der Waals surface area contributed by atoms with Crippen molar-refractivity contribution in [2.45, 2.75) is 34.6 Å². The third-order valence-corrected chi connectivity index (χ3v) is 1.68. The van der Waals surface area contributed by atoms with E-state index in [1.807, 2.05) is 26.8 Å². The van der Waals surface area contributed by atoms with Crippen LogP contribution < -0.4 is 0 Å². The molecule has 0 heterocycles. The molecule has 0 N–H and O–H groups in total. The number of carbonyl (C=O) groups excluding carboxylic acids is 1. The van der Waals surface area contributed by atoms with Crippen molar-refractivity contribution in [3.05, 3.63) is 22.8 Å². The maximum atomic E-state index is 11.3. The molecule has 74 valence electrons. The first-order valence-corrected chi connectivity index (χ1v) is 4.48. The largest absolute Gasteiger partial charge is 0.463 e. The van der Waals surface area contributed by atoms with Crippen molar-refractivity contribution in [2.24, 2.45) is 0 Å². The molecule has 0 aromatic heterocycles. The maximum Gasteiger partial charge on any atom is 0.333 e. The highest BCUT2D eigenvalue weighted by Gasteiger charge is 2.06. The van der Waals surface area contributed by atoms with E-state index in [0.717, 1.165) is 5.57 Å². The van der Waals surface area contributed by atoms with Gasteiger partial charge in [0.2, 0.25) is 0 Å². The summed E-state index contributed by atoms with van der Waals surface area (Å²) in [4.78, 5) is 11.3. The fourth-order valence-corrected chi connectivity index (χ4v) is 0.942. The van der Waals surface area contributed by atoms with Crippen LogP contribution in [0, 0.1) is 0 Å². The normalized spacial score (nSPS) is 11.8. The van der Waals surface area contributed by atoms with E-state index < -0.39 is 0 Å². The maximum absolute atomic E-state index is 11.3. The fraction of sp³-hybridized carbons (Fsp3) is 0.545. The quantitative estimate of drug-likeness (QED) is 0.381. The van der Waals surface area contributed by atoms with Crippen LogP contribution in [0.3, 0.4) is 0 Å². The Morgan fingerprint density at radius 1 is 1.23 bits per heavy atom. The fourth-order valence-electron chi connectivity index (χ4n) is 0.942. The highest BCUT2D eigenvalue weighted by Crippen LogP contribution is 2.09. The van der Waals surface area contributed by atoms with Crippen LogP contribution in [0.25, 0.3) is 0 Å². The Bertz CT molecular complexity index is 243. The molecule has 0 saturated heterocycles. The van der Waals surface area contributed by atoms with Crippen molar-refractivity contribution in [2.75, 3.05) is 6.61 Å². The molecule has 0 rings (SSSR count). The average Bonchev–Trinajstić information content (AvgIpc) is 2.02. The van der Waals surface area contributed by atoms with Gasteiger partial charge >= 0.3 is 5.97 Å². The van der Waals surface area contributed by atoms with E-state index in [1.165, 1.54) is 5.57 Å². The van der Waals surface area contributed by atoms with E-state index in [9.17, 15) is 4.79 Å². The van der Waals surface area contributed by atoms with Crippen molar-refractivity contribution < 1.29 is 9.53 Å². The zero-order valence-electron chi connectivity index (χ0n) is 9.10. The molecule has 0 aliphatic carbocycles. The number of rotatable bonds is 3. The Morgan fingerprint density at radius 3 is 2.15 bits per heavy atom. The summed E-state index contributed by atoms with van der Waals surface area (Å²) in [6.45, 7) is 9.94. The Balaban J connectivity index is 4.61. The Kier molecular flexibility index (Phi) is 5.12. The number of allylic oxidation sites excluding steroid dienone is 3.